The molecule has 0 bridgehead atoms. The topological polar surface area (TPSA) is 20.3 Å². The van der Waals surface area contributed by atoms with Gasteiger partial charge in [0.2, 0.25) is 5.12 Å². The van der Waals surface area contributed by atoms with Crippen molar-refractivity contribution in [2.75, 3.05) is 7.05 Å². The summed E-state index contributed by atoms with van der Waals surface area (Å²) in [6.07, 6.45) is 0. The van der Waals surface area contributed by atoms with Crippen molar-refractivity contribution in [3.05, 3.63) is 0 Å². The van der Waals surface area contributed by atoms with Gasteiger partial charge >= 0.3 is 0 Å². The largest absolute Gasteiger partial charge is 0.349 e. The summed E-state index contributed by atoms with van der Waals surface area (Å²) in [6.45, 7) is 4.07. The summed E-state index contributed by atoms with van der Waals surface area (Å²) in [6, 6.07) is -0.00694. The zero-order valence-electron chi connectivity index (χ0n) is 6.83. The highest BCUT2D eigenvalue weighted by molar-refractivity contribution is 8.33. The van der Waals surface area contributed by atoms with Gasteiger partial charge in [-0.25, -0.2) is 0 Å². The maximum absolute atomic E-state index is 11.3. The monoisotopic (exact) mass is 205 g/mol. The number of nitrogens with zero attached hydrogens (tertiary/aromatic N) is 1. The van der Waals surface area contributed by atoms with Crippen LogP contribution < -0.4 is 0 Å². The lowest BCUT2D eigenvalue weighted by atomic mass is 10.1. The van der Waals surface area contributed by atoms with E-state index in [0.717, 1.165) is 0 Å². The van der Waals surface area contributed by atoms with Gasteiger partial charge in [0.1, 0.15) is 10.4 Å². The molecule has 1 saturated heterocycles. The molecule has 0 aromatic rings. The van der Waals surface area contributed by atoms with Gasteiger partial charge in [-0.05, 0) is 17.7 Å². The molecule has 70 valence electrons. The van der Waals surface area contributed by atoms with E-state index in [1.807, 2.05) is 25.8 Å². The Morgan fingerprint density at radius 2 is 2.08 bits per heavy atom. The van der Waals surface area contributed by atoms with E-state index in [-0.39, 0.29) is 18.6 Å². The van der Waals surface area contributed by atoms with Gasteiger partial charge in [0.15, 0.2) is 0 Å². The summed E-state index contributed by atoms with van der Waals surface area (Å²) in [5, 5.41) is 0.188. The van der Waals surface area contributed by atoms with Crippen molar-refractivity contribution in [2.45, 2.75) is 27.3 Å². The fourth-order valence-electron chi connectivity index (χ4n) is 1.21. The molecule has 1 atom stereocenters. The first kappa shape index (κ1) is 11.9. The molecule has 0 aromatic heterocycles. The predicted molar refractivity (Wildman–Crippen MR) is 58.3 cm³/mol. The Morgan fingerprint density at radius 3 is 2.25 bits per heavy atom. The van der Waals surface area contributed by atoms with Crippen molar-refractivity contribution in [3.8, 4) is 0 Å². The maximum Gasteiger partial charge on any atom is 0.218 e. The molecular weight excluding hydrogens is 190 g/mol. The quantitative estimate of drug-likeness (QED) is 0.611. The zero-order valence-corrected chi connectivity index (χ0v) is 8.46. The van der Waals surface area contributed by atoms with Gasteiger partial charge in [-0.2, -0.15) is 0 Å². The molecule has 1 rings (SSSR count). The zero-order chi connectivity index (χ0) is 8.59. The number of carbonyl (C=O) groups is 1. The molecule has 0 aliphatic carbocycles. The van der Waals surface area contributed by atoms with Gasteiger partial charge in [0.25, 0.3) is 0 Å². The van der Waals surface area contributed by atoms with Crippen molar-refractivity contribution in [3.63, 3.8) is 0 Å². The first-order chi connectivity index (χ1) is 5.04. The number of thiocarbonyl (C=S) groups is 1. The molecule has 1 unspecified atom stereocenters. The number of carbonyl (C=O) groups excluding carboxylic acids is 1. The highest BCUT2D eigenvalue weighted by atomic mass is 32.2. The normalized spacial score (nSPS) is 23.3. The third-order valence-corrected chi connectivity index (χ3v) is 3.21. The Kier molecular flexibility index (Phi) is 4.20. The number of hydrogen-bond donors (Lipinski definition) is 0. The minimum atomic E-state index is -0.00694. The van der Waals surface area contributed by atoms with Crippen molar-refractivity contribution in [2.24, 2.45) is 5.92 Å². The van der Waals surface area contributed by atoms with Gasteiger partial charge in [-0.3, -0.25) is 4.79 Å². The molecule has 2 nitrogen and oxygen atoms in total. The fourth-order valence-corrected chi connectivity index (χ4v) is 2.55. The molecule has 1 aliphatic rings. The second-order valence-electron chi connectivity index (χ2n) is 2.99. The lowest BCUT2D eigenvalue weighted by Gasteiger charge is -2.21. The first-order valence-electron chi connectivity index (χ1n) is 3.52. The van der Waals surface area contributed by atoms with Gasteiger partial charge in [0.05, 0.1) is 0 Å². The summed E-state index contributed by atoms with van der Waals surface area (Å²) < 4.78 is 0.703. The van der Waals surface area contributed by atoms with Crippen LogP contribution in [-0.4, -0.2) is 27.4 Å². The molecule has 0 radical (unpaired) electrons. The molecule has 1 aliphatic heterocycles. The maximum atomic E-state index is 11.3. The van der Waals surface area contributed by atoms with E-state index in [4.69, 9.17) is 12.2 Å². The van der Waals surface area contributed by atoms with Crippen LogP contribution in [0.5, 0.6) is 0 Å². The third kappa shape index (κ3) is 1.98. The SMILES string of the molecule is C.CC(C)C1C(=O)SC(=S)N1C. The second-order valence-corrected chi connectivity index (χ2v) is 4.63. The van der Waals surface area contributed by atoms with E-state index in [2.05, 4.69) is 0 Å². The minimum absolute atomic E-state index is 0. The number of thioether (sulfide) groups is 1. The molecule has 0 aromatic carbocycles. The van der Waals surface area contributed by atoms with E-state index in [9.17, 15) is 4.79 Å². The number of hydrogen-bond acceptors (Lipinski definition) is 3. The lowest BCUT2D eigenvalue weighted by Crippen LogP contribution is -2.35. The van der Waals surface area contributed by atoms with E-state index < -0.39 is 0 Å². The van der Waals surface area contributed by atoms with Gasteiger partial charge in [-0.15, -0.1) is 0 Å². The number of rotatable bonds is 1. The van der Waals surface area contributed by atoms with Crippen LogP contribution in [0.2, 0.25) is 0 Å². The van der Waals surface area contributed by atoms with Crippen molar-refractivity contribution in [1.29, 1.82) is 0 Å². The molecule has 1 fully saturated rings. The van der Waals surface area contributed by atoms with Gasteiger partial charge < -0.3 is 4.90 Å². The molecule has 12 heavy (non-hydrogen) atoms. The Labute approximate surface area is 83.7 Å². The third-order valence-electron chi connectivity index (χ3n) is 1.77. The Hall–Kier alpha value is -0.0900. The Balaban J connectivity index is 0.00000121. The van der Waals surface area contributed by atoms with Crippen molar-refractivity contribution < 1.29 is 4.79 Å². The van der Waals surface area contributed by atoms with E-state index in [0.29, 0.717) is 10.2 Å². The summed E-state index contributed by atoms with van der Waals surface area (Å²) in [5.74, 6) is 0.348. The molecule has 1 heterocycles. The van der Waals surface area contributed by atoms with E-state index in [1.54, 1.807) is 0 Å². The van der Waals surface area contributed by atoms with Crippen LogP contribution >= 0.6 is 24.0 Å². The van der Waals surface area contributed by atoms with Gasteiger partial charge in [-0.1, -0.05) is 33.5 Å². The van der Waals surface area contributed by atoms with Crippen LogP contribution in [0.1, 0.15) is 21.3 Å². The molecule has 0 saturated carbocycles. The van der Waals surface area contributed by atoms with Crippen LogP contribution in [-0.2, 0) is 4.79 Å². The molecule has 4 heteroatoms. The molecule has 0 amide bonds. The van der Waals surface area contributed by atoms with Crippen LogP contribution in [0.4, 0.5) is 0 Å². The second kappa shape index (κ2) is 4.23. The summed E-state index contributed by atoms with van der Waals surface area (Å²) >= 11 is 6.17. The molecule has 0 spiro atoms. The highest BCUT2D eigenvalue weighted by Gasteiger charge is 2.36. The van der Waals surface area contributed by atoms with E-state index in [1.165, 1.54) is 11.8 Å². The van der Waals surface area contributed by atoms with Crippen LogP contribution in [0, 0.1) is 5.92 Å². The Morgan fingerprint density at radius 1 is 1.58 bits per heavy atom. The average Bonchev–Trinajstić information content (AvgIpc) is 2.07. The smallest absolute Gasteiger partial charge is 0.218 e. The van der Waals surface area contributed by atoms with Gasteiger partial charge in [0, 0.05) is 7.05 Å². The Bertz CT molecular complexity index is 203. The standard InChI is InChI=1S/C7H11NOS2.CH4/c1-4(2)5-6(9)11-7(10)8(5)3;/h4-5H,1-3H3;1H4. The van der Waals surface area contributed by atoms with Crippen LogP contribution in [0.15, 0.2) is 0 Å². The summed E-state index contributed by atoms with van der Waals surface area (Å²) in [5.41, 5.74) is 0. The van der Waals surface area contributed by atoms with Crippen LogP contribution in [0.25, 0.3) is 0 Å². The molecular formula is C8H15NOS2. The average molecular weight is 205 g/mol. The van der Waals surface area contributed by atoms with Crippen molar-refractivity contribution in [1.82, 2.24) is 4.90 Å². The van der Waals surface area contributed by atoms with E-state index >= 15 is 0 Å². The summed E-state index contributed by atoms with van der Waals surface area (Å²) in [4.78, 5) is 13.2. The predicted octanol–water partition coefficient (Wildman–Crippen LogP) is 2.14. The minimum Gasteiger partial charge on any atom is -0.349 e. The highest BCUT2D eigenvalue weighted by Crippen LogP contribution is 2.28. The fraction of sp³-hybridized carbons (Fsp3) is 0.750. The van der Waals surface area contributed by atoms with Crippen LogP contribution in [0.3, 0.4) is 0 Å². The lowest BCUT2D eigenvalue weighted by molar-refractivity contribution is -0.114. The summed E-state index contributed by atoms with van der Waals surface area (Å²) in [7, 11) is 1.88. The molecule has 0 N–H and O–H groups in total. The first-order valence-corrected chi connectivity index (χ1v) is 4.75. The van der Waals surface area contributed by atoms with Crippen molar-refractivity contribution >= 4 is 33.4 Å². The number of likely N-dealkylation sites (N-methyl/N-ethyl adjacent to an activating group) is 1.